The highest BCUT2D eigenvalue weighted by molar-refractivity contribution is 7.89. The fourth-order valence-electron chi connectivity index (χ4n) is 2.97. The van der Waals surface area contributed by atoms with Gasteiger partial charge in [-0.25, -0.2) is 8.42 Å². The molecule has 1 amide bonds. The van der Waals surface area contributed by atoms with Crippen molar-refractivity contribution in [2.24, 2.45) is 0 Å². The second kappa shape index (κ2) is 7.40. The third-order valence-electron chi connectivity index (χ3n) is 4.82. The third kappa shape index (κ3) is 4.28. The van der Waals surface area contributed by atoms with E-state index in [2.05, 4.69) is 5.32 Å². The standard InChI is InChI=1S/C16H21Cl2N3O3S/c1-11(16(22)19-12-2-3-12)20-6-8-21(9-7-20)25(23,24)13-4-5-14(17)15(18)10-13/h4-5,10-12H,2-3,6-9H2,1H3,(H,19,22)/p+1/t11-/m1/s1. The summed E-state index contributed by atoms with van der Waals surface area (Å²) >= 11 is 11.8. The molecule has 2 N–H and O–H groups in total. The van der Waals surface area contributed by atoms with Gasteiger partial charge in [0.05, 0.1) is 41.1 Å². The second-order valence-electron chi connectivity index (χ2n) is 6.64. The highest BCUT2D eigenvalue weighted by Crippen LogP contribution is 2.26. The zero-order chi connectivity index (χ0) is 18.2. The molecule has 25 heavy (non-hydrogen) atoms. The van der Waals surface area contributed by atoms with Crippen molar-refractivity contribution in [2.45, 2.75) is 36.7 Å². The number of nitrogens with one attached hydrogen (secondary N) is 2. The number of hydrogen-bond acceptors (Lipinski definition) is 3. The van der Waals surface area contributed by atoms with E-state index in [-0.39, 0.29) is 21.9 Å². The first-order valence-electron chi connectivity index (χ1n) is 8.39. The van der Waals surface area contributed by atoms with Gasteiger partial charge in [0.25, 0.3) is 5.91 Å². The van der Waals surface area contributed by atoms with Crippen LogP contribution in [0.25, 0.3) is 0 Å². The highest BCUT2D eigenvalue weighted by atomic mass is 35.5. The predicted molar refractivity (Wildman–Crippen MR) is 96.5 cm³/mol. The summed E-state index contributed by atoms with van der Waals surface area (Å²) in [4.78, 5) is 13.4. The topological polar surface area (TPSA) is 70.9 Å². The lowest BCUT2D eigenvalue weighted by Crippen LogP contribution is -3.19. The number of carbonyl (C=O) groups is 1. The molecule has 1 aliphatic heterocycles. The quantitative estimate of drug-likeness (QED) is 0.749. The van der Waals surface area contributed by atoms with Crippen LogP contribution < -0.4 is 10.2 Å². The Hall–Kier alpha value is -0.860. The van der Waals surface area contributed by atoms with Crippen LogP contribution >= 0.6 is 23.2 Å². The van der Waals surface area contributed by atoms with Crippen LogP contribution in [0.3, 0.4) is 0 Å². The second-order valence-corrected chi connectivity index (χ2v) is 9.40. The van der Waals surface area contributed by atoms with Crippen LogP contribution in [0.1, 0.15) is 19.8 Å². The normalized spacial score (nSPS) is 21.1. The van der Waals surface area contributed by atoms with E-state index in [4.69, 9.17) is 23.2 Å². The lowest BCUT2D eigenvalue weighted by atomic mass is 10.2. The van der Waals surface area contributed by atoms with E-state index in [0.717, 1.165) is 17.7 Å². The van der Waals surface area contributed by atoms with Crippen molar-refractivity contribution in [1.82, 2.24) is 9.62 Å². The summed E-state index contributed by atoms with van der Waals surface area (Å²) in [6, 6.07) is 4.50. The molecule has 1 atom stereocenters. The van der Waals surface area contributed by atoms with Gasteiger partial charge in [-0.05, 0) is 38.0 Å². The molecule has 2 fully saturated rings. The molecular formula is C16H22Cl2N3O3S+. The number of hydrogen-bond donors (Lipinski definition) is 2. The van der Waals surface area contributed by atoms with Gasteiger partial charge >= 0.3 is 0 Å². The molecule has 2 aliphatic rings. The lowest BCUT2D eigenvalue weighted by Gasteiger charge is -2.34. The Morgan fingerprint density at radius 1 is 1.24 bits per heavy atom. The smallest absolute Gasteiger partial charge is 0.278 e. The minimum atomic E-state index is -3.60. The van der Waals surface area contributed by atoms with Gasteiger partial charge in [0, 0.05) is 6.04 Å². The molecule has 138 valence electrons. The van der Waals surface area contributed by atoms with Crippen LogP contribution in [-0.2, 0) is 14.8 Å². The molecule has 0 bridgehead atoms. The zero-order valence-electron chi connectivity index (χ0n) is 14.0. The van der Waals surface area contributed by atoms with Gasteiger partial charge in [-0.1, -0.05) is 23.2 Å². The number of halogens is 2. The summed E-state index contributed by atoms with van der Waals surface area (Å²) in [5.74, 6) is 0.0540. The maximum absolute atomic E-state index is 12.8. The summed E-state index contributed by atoms with van der Waals surface area (Å²) in [7, 11) is -3.60. The molecule has 0 spiro atoms. The number of carbonyl (C=O) groups excluding carboxylic acids is 1. The van der Waals surface area contributed by atoms with Crippen molar-refractivity contribution >= 4 is 39.1 Å². The molecular weight excluding hydrogens is 385 g/mol. The molecule has 1 saturated carbocycles. The van der Waals surface area contributed by atoms with Gasteiger partial charge in [0.15, 0.2) is 6.04 Å². The number of sulfonamides is 1. The van der Waals surface area contributed by atoms with Crippen LogP contribution in [0.5, 0.6) is 0 Å². The van der Waals surface area contributed by atoms with Crippen LogP contribution in [0.4, 0.5) is 0 Å². The van der Waals surface area contributed by atoms with Crippen molar-refractivity contribution in [3.8, 4) is 0 Å². The number of rotatable bonds is 5. The minimum absolute atomic E-state index is 0.0540. The molecule has 3 rings (SSSR count). The number of piperazine rings is 1. The Morgan fingerprint density at radius 2 is 1.88 bits per heavy atom. The predicted octanol–water partition coefficient (Wildman–Crippen LogP) is 0.550. The molecule has 1 aromatic carbocycles. The molecule has 1 aliphatic carbocycles. The lowest BCUT2D eigenvalue weighted by molar-refractivity contribution is -0.917. The van der Waals surface area contributed by atoms with E-state index in [1.54, 1.807) is 0 Å². The zero-order valence-corrected chi connectivity index (χ0v) is 16.3. The average molecular weight is 407 g/mol. The summed E-state index contributed by atoms with van der Waals surface area (Å²) in [6.45, 7) is 3.84. The Kier molecular flexibility index (Phi) is 5.60. The number of benzene rings is 1. The van der Waals surface area contributed by atoms with Crippen LogP contribution in [0.15, 0.2) is 23.1 Å². The highest BCUT2D eigenvalue weighted by Gasteiger charge is 2.36. The van der Waals surface area contributed by atoms with Crippen molar-refractivity contribution in [2.75, 3.05) is 26.2 Å². The first kappa shape index (κ1) is 18.9. The van der Waals surface area contributed by atoms with E-state index >= 15 is 0 Å². The Morgan fingerprint density at radius 3 is 2.44 bits per heavy atom. The SMILES string of the molecule is C[C@H](C(=O)NC1CC1)[NH+]1CCN(S(=O)(=O)c2ccc(Cl)c(Cl)c2)CC1. The van der Waals surface area contributed by atoms with Gasteiger partial charge in [-0.3, -0.25) is 4.79 Å². The van der Waals surface area contributed by atoms with E-state index < -0.39 is 10.0 Å². The largest absolute Gasteiger partial charge is 0.348 e. The van der Waals surface area contributed by atoms with Crippen LogP contribution in [-0.4, -0.2) is 56.9 Å². The van der Waals surface area contributed by atoms with E-state index in [1.807, 2.05) is 6.92 Å². The van der Waals surface area contributed by atoms with Gasteiger partial charge in [0.2, 0.25) is 10.0 Å². The van der Waals surface area contributed by atoms with Crippen molar-refractivity contribution < 1.29 is 18.1 Å². The molecule has 0 unspecified atom stereocenters. The van der Waals surface area contributed by atoms with Gasteiger partial charge in [-0.15, -0.1) is 0 Å². The first-order valence-corrected chi connectivity index (χ1v) is 10.6. The number of quaternary nitrogens is 1. The molecule has 1 heterocycles. The van der Waals surface area contributed by atoms with E-state index in [0.29, 0.717) is 37.2 Å². The number of amides is 1. The summed E-state index contributed by atoms with van der Waals surface area (Å²) < 4.78 is 26.9. The monoisotopic (exact) mass is 406 g/mol. The van der Waals surface area contributed by atoms with Gasteiger partial charge in [-0.2, -0.15) is 4.31 Å². The van der Waals surface area contributed by atoms with Crippen molar-refractivity contribution in [3.05, 3.63) is 28.2 Å². The van der Waals surface area contributed by atoms with Crippen LogP contribution in [0.2, 0.25) is 10.0 Å². The molecule has 0 radical (unpaired) electrons. The number of nitrogens with zero attached hydrogens (tertiary/aromatic N) is 1. The van der Waals surface area contributed by atoms with Gasteiger partial charge in [0.1, 0.15) is 0 Å². The molecule has 6 nitrogen and oxygen atoms in total. The first-order chi connectivity index (χ1) is 11.8. The Balaban J connectivity index is 1.62. The molecule has 1 aromatic rings. The summed E-state index contributed by atoms with van der Waals surface area (Å²) in [6.07, 6.45) is 2.12. The summed E-state index contributed by atoms with van der Waals surface area (Å²) in [5, 5.41) is 3.56. The fourth-order valence-corrected chi connectivity index (χ4v) is 4.80. The Bertz CT molecular complexity index is 760. The summed E-state index contributed by atoms with van der Waals surface area (Å²) in [5.41, 5.74) is 0. The fraction of sp³-hybridized carbons (Fsp3) is 0.562. The molecule has 9 heteroatoms. The minimum Gasteiger partial charge on any atom is -0.348 e. The third-order valence-corrected chi connectivity index (χ3v) is 7.46. The van der Waals surface area contributed by atoms with Crippen LogP contribution in [0, 0.1) is 0 Å². The van der Waals surface area contributed by atoms with E-state index in [9.17, 15) is 13.2 Å². The van der Waals surface area contributed by atoms with Gasteiger partial charge < -0.3 is 10.2 Å². The molecule has 0 aromatic heterocycles. The van der Waals surface area contributed by atoms with E-state index in [1.165, 1.54) is 22.5 Å². The maximum Gasteiger partial charge on any atom is 0.278 e. The van der Waals surface area contributed by atoms with Crippen molar-refractivity contribution in [1.29, 1.82) is 0 Å². The average Bonchev–Trinajstić information content (AvgIpc) is 3.40. The maximum atomic E-state index is 12.8. The van der Waals surface area contributed by atoms with Crippen molar-refractivity contribution in [3.63, 3.8) is 0 Å². The Labute approximate surface area is 158 Å². The molecule has 1 saturated heterocycles.